The number of alkyl carbamates (subject to hydrolysis) is 1. The van der Waals surface area contributed by atoms with Gasteiger partial charge in [-0.3, -0.25) is 19.1 Å². The second kappa shape index (κ2) is 15.7. The van der Waals surface area contributed by atoms with Crippen LogP contribution in [0.3, 0.4) is 0 Å². The van der Waals surface area contributed by atoms with Gasteiger partial charge in [0.05, 0.1) is 18.0 Å². The quantitative estimate of drug-likeness (QED) is 0.193. The Balaban J connectivity index is 1.13. The third-order valence-electron chi connectivity index (χ3n) is 10.9. The fourth-order valence-electron chi connectivity index (χ4n) is 7.32. The molecule has 5 aliphatic rings. The van der Waals surface area contributed by atoms with Crippen molar-refractivity contribution < 1.29 is 37.2 Å². The van der Waals surface area contributed by atoms with Crippen molar-refractivity contribution >= 4 is 40.1 Å². The molecule has 5 atom stereocenters. The van der Waals surface area contributed by atoms with E-state index in [-0.39, 0.29) is 25.5 Å². The first-order valence-corrected chi connectivity index (χ1v) is 20.3. The van der Waals surface area contributed by atoms with E-state index in [4.69, 9.17) is 9.57 Å². The average molecular weight is 746 g/mol. The third-order valence-corrected chi connectivity index (χ3v) is 12.7. The maximum absolute atomic E-state index is 14.3. The Hall–Kier alpha value is -4.72. The van der Waals surface area contributed by atoms with Crippen molar-refractivity contribution in [3.63, 3.8) is 0 Å². The Morgan fingerprint density at radius 2 is 1.70 bits per heavy atom. The largest absolute Gasteiger partial charge is 0.446 e. The van der Waals surface area contributed by atoms with Crippen molar-refractivity contribution in [2.75, 3.05) is 6.54 Å². The number of oxime groups is 1. The molecule has 0 radical (unpaired) electrons. The van der Waals surface area contributed by atoms with E-state index >= 15 is 0 Å². The zero-order valence-corrected chi connectivity index (χ0v) is 30.5. The van der Waals surface area contributed by atoms with Gasteiger partial charge in [0, 0.05) is 17.9 Å². The van der Waals surface area contributed by atoms with Crippen LogP contribution in [0.15, 0.2) is 71.9 Å². The normalized spacial score (nSPS) is 28.6. The Labute approximate surface area is 310 Å². The van der Waals surface area contributed by atoms with E-state index in [0.717, 1.165) is 48.8 Å². The number of nitrogens with zero attached hydrogens (tertiary/aromatic N) is 2. The summed E-state index contributed by atoms with van der Waals surface area (Å²) in [5.74, 6) is -2.26. The molecule has 53 heavy (non-hydrogen) atoms. The maximum Gasteiger partial charge on any atom is 0.408 e. The Morgan fingerprint density at radius 1 is 0.925 bits per heavy atom. The van der Waals surface area contributed by atoms with Crippen LogP contribution in [0, 0.1) is 5.92 Å². The molecule has 4 fully saturated rings. The molecule has 14 heteroatoms. The molecule has 4 amide bonds. The molecule has 0 unspecified atom stereocenters. The van der Waals surface area contributed by atoms with Crippen molar-refractivity contribution in [3.05, 3.63) is 72.3 Å². The molecule has 2 aromatic rings. The van der Waals surface area contributed by atoms with Crippen LogP contribution in [-0.2, 0) is 34.0 Å². The maximum atomic E-state index is 14.3. The lowest BCUT2D eigenvalue weighted by Crippen LogP contribution is -2.58. The number of benzene rings is 2. The van der Waals surface area contributed by atoms with Gasteiger partial charge in [0.2, 0.25) is 21.8 Å². The SMILES string of the molecule is O=C(N[C@H]1CCCCC/C=C\[C@@H]2C[C@]2(C(=O)NS(=O)(=O)C2CC2)NC(=O)[C@@H]2C[C@@H](O/N=C/c3ccccc3-c3ccccc3)CN2C1=O)OC1CCC1. The second-order valence-corrected chi connectivity index (χ2v) is 16.8. The van der Waals surface area contributed by atoms with Gasteiger partial charge in [-0.05, 0) is 68.9 Å². The van der Waals surface area contributed by atoms with Crippen molar-refractivity contribution in [2.45, 2.75) is 112 Å². The summed E-state index contributed by atoms with van der Waals surface area (Å²) in [6.45, 7) is 0.00301. The summed E-state index contributed by atoms with van der Waals surface area (Å²) in [4.78, 5) is 62.5. The predicted molar refractivity (Wildman–Crippen MR) is 197 cm³/mol. The predicted octanol–water partition coefficient (Wildman–Crippen LogP) is 4.32. The van der Waals surface area contributed by atoms with Crippen LogP contribution < -0.4 is 15.4 Å². The highest BCUT2D eigenvalue weighted by Gasteiger charge is 2.62. The van der Waals surface area contributed by atoms with Crippen molar-refractivity contribution in [1.29, 1.82) is 0 Å². The van der Waals surface area contributed by atoms with E-state index in [1.54, 1.807) is 6.21 Å². The van der Waals surface area contributed by atoms with Crippen LogP contribution in [0.2, 0.25) is 0 Å². The van der Waals surface area contributed by atoms with E-state index in [1.165, 1.54) is 4.90 Å². The summed E-state index contributed by atoms with van der Waals surface area (Å²) in [7, 11) is -3.87. The minimum absolute atomic E-state index is 0.00301. The molecule has 0 bridgehead atoms. The van der Waals surface area contributed by atoms with Crippen molar-refractivity contribution in [1.82, 2.24) is 20.3 Å². The molecule has 1 saturated heterocycles. The molecule has 2 aromatic carbocycles. The lowest BCUT2D eigenvalue weighted by Gasteiger charge is -2.30. The molecule has 0 spiro atoms. The number of allylic oxidation sites excluding steroid dienone is 1. The van der Waals surface area contributed by atoms with Gasteiger partial charge in [-0.15, -0.1) is 0 Å². The Bertz CT molecular complexity index is 1860. The number of amides is 4. The van der Waals surface area contributed by atoms with Crippen LogP contribution >= 0.6 is 0 Å². The van der Waals surface area contributed by atoms with E-state index in [1.807, 2.05) is 66.7 Å². The summed E-state index contributed by atoms with van der Waals surface area (Å²) in [6, 6.07) is 15.6. The zero-order chi connectivity index (χ0) is 37.0. The number of hydrogen-bond donors (Lipinski definition) is 3. The first-order valence-electron chi connectivity index (χ1n) is 18.8. The highest BCUT2D eigenvalue weighted by Crippen LogP contribution is 2.46. The Morgan fingerprint density at radius 3 is 2.45 bits per heavy atom. The number of fused-ring (bicyclic) bond motifs is 2. The number of rotatable bonds is 9. The van der Waals surface area contributed by atoms with Crippen LogP contribution in [0.5, 0.6) is 0 Å². The zero-order valence-electron chi connectivity index (χ0n) is 29.7. The molecule has 3 aliphatic carbocycles. The molecule has 2 aliphatic heterocycles. The number of carbonyl (C=O) groups is 4. The van der Waals surface area contributed by atoms with Gasteiger partial charge in [0.1, 0.15) is 29.8 Å². The minimum atomic E-state index is -3.87. The van der Waals surface area contributed by atoms with Crippen molar-refractivity contribution in [2.24, 2.45) is 11.1 Å². The van der Waals surface area contributed by atoms with Gasteiger partial charge >= 0.3 is 6.09 Å². The lowest BCUT2D eigenvalue weighted by molar-refractivity contribution is -0.141. The van der Waals surface area contributed by atoms with Gasteiger partial charge in [0.15, 0.2) is 0 Å². The summed E-state index contributed by atoms with van der Waals surface area (Å²) in [5, 5.41) is 9.31. The van der Waals surface area contributed by atoms with Crippen LogP contribution in [-0.4, -0.2) is 85.0 Å². The van der Waals surface area contributed by atoms with Gasteiger partial charge in [-0.25, -0.2) is 13.2 Å². The van der Waals surface area contributed by atoms with Gasteiger partial charge < -0.3 is 25.1 Å². The van der Waals surface area contributed by atoms with E-state index in [0.29, 0.717) is 32.1 Å². The number of sulfonamides is 1. The van der Waals surface area contributed by atoms with Crippen LogP contribution in [0.1, 0.15) is 82.6 Å². The molecular formula is C39H47N5O8S. The summed E-state index contributed by atoms with van der Waals surface area (Å²) >= 11 is 0. The lowest BCUT2D eigenvalue weighted by atomic mass is 9.96. The molecule has 0 aromatic heterocycles. The smallest absolute Gasteiger partial charge is 0.408 e. The summed E-state index contributed by atoms with van der Waals surface area (Å²) in [5.41, 5.74) is 1.30. The average Bonchev–Trinajstić information content (AvgIpc) is 4.06. The van der Waals surface area contributed by atoms with Crippen LogP contribution in [0.25, 0.3) is 11.1 Å². The highest BCUT2D eigenvalue weighted by atomic mass is 32.2. The molecule has 13 nitrogen and oxygen atoms in total. The first-order chi connectivity index (χ1) is 25.6. The number of ether oxygens (including phenoxy) is 1. The van der Waals surface area contributed by atoms with Crippen molar-refractivity contribution in [3.8, 4) is 11.1 Å². The standard InChI is InChI=1S/C39H47N5O8S/c45-35-34-22-30(52-40-24-27-14-9-10-18-32(27)26-12-5-4-6-13-26)25-44(34)36(46)33(41-38(48)51-29-16-11-17-29)19-8-3-1-2-7-15-28-23-39(28,42-35)37(47)43-53(49,50)31-20-21-31/h4-7,9-10,12-15,18,24,28-31,33-34H,1-3,8,11,16-17,19-23,25H2,(H,41,48)(H,42,45)(H,43,47)/b15-7-,40-24+/t28-,30-,33+,34+,39+/m1/s1. The fourth-order valence-corrected chi connectivity index (χ4v) is 8.68. The molecular weight excluding hydrogens is 699 g/mol. The minimum Gasteiger partial charge on any atom is -0.446 e. The molecule has 282 valence electrons. The van der Waals surface area contributed by atoms with E-state index < -0.39 is 68.7 Å². The molecule has 3 N–H and O–H groups in total. The van der Waals surface area contributed by atoms with E-state index in [2.05, 4.69) is 20.5 Å². The monoisotopic (exact) mass is 745 g/mol. The number of nitrogens with one attached hydrogen (secondary N) is 3. The third kappa shape index (κ3) is 8.58. The topological polar surface area (TPSA) is 173 Å². The van der Waals surface area contributed by atoms with E-state index in [9.17, 15) is 27.6 Å². The molecule has 2 heterocycles. The van der Waals surface area contributed by atoms with Gasteiger partial charge in [0.25, 0.3) is 5.91 Å². The van der Waals surface area contributed by atoms with Gasteiger partial charge in [-0.1, -0.05) is 84.7 Å². The summed E-state index contributed by atoms with van der Waals surface area (Å²) in [6.07, 6.45) is 11.0. The molecule has 7 rings (SSSR count). The first kappa shape index (κ1) is 36.6. The fraction of sp³-hybridized carbons (Fsp3) is 0.513. The summed E-state index contributed by atoms with van der Waals surface area (Å²) < 4.78 is 33.3. The number of hydrogen-bond acceptors (Lipinski definition) is 9. The second-order valence-electron chi connectivity index (χ2n) is 14.8. The Kier molecular flexibility index (Phi) is 10.9. The van der Waals surface area contributed by atoms with Gasteiger partial charge in [-0.2, -0.15) is 0 Å². The van der Waals surface area contributed by atoms with Crippen LogP contribution in [0.4, 0.5) is 4.79 Å². The number of carbonyl (C=O) groups excluding carboxylic acids is 4. The highest BCUT2D eigenvalue weighted by molar-refractivity contribution is 7.91. The molecule has 3 saturated carbocycles.